The van der Waals surface area contributed by atoms with E-state index in [-0.39, 0.29) is 30.0 Å². The standard InChI is InChI=1S/C25H20FN7O2/c26-16-12-10-15(11-13-16)18-14-19-22(28-23(18)34)29-25(27-17-6-2-1-3-7-17)30-24(19)35-33-21-9-5-4-8-20(21)31-32-33/h1-13,18,31-32H,14H2,(H2,27,28,29,30,34). The van der Waals surface area contributed by atoms with E-state index in [0.717, 1.165) is 17.1 Å². The number of rotatable bonds is 5. The number of hydrogen-bond acceptors (Lipinski definition) is 8. The summed E-state index contributed by atoms with van der Waals surface area (Å²) in [6.07, 6.45) is 0.288. The minimum atomic E-state index is -0.543. The number of para-hydroxylation sites is 3. The third-order valence-electron chi connectivity index (χ3n) is 5.83. The van der Waals surface area contributed by atoms with Crippen molar-refractivity contribution < 1.29 is 14.0 Å². The summed E-state index contributed by atoms with van der Waals surface area (Å²) in [4.78, 5) is 28.3. The van der Waals surface area contributed by atoms with Crippen LogP contribution in [0.2, 0.25) is 0 Å². The molecule has 4 aromatic rings. The van der Waals surface area contributed by atoms with Crippen molar-refractivity contribution in [2.75, 3.05) is 21.2 Å². The Bertz CT molecular complexity index is 1400. The van der Waals surface area contributed by atoms with Gasteiger partial charge in [-0.3, -0.25) is 10.2 Å². The van der Waals surface area contributed by atoms with E-state index < -0.39 is 5.92 Å². The maximum atomic E-state index is 13.5. The lowest BCUT2D eigenvalue weighted by molar-refractivity contribution is -0.117. The first-order valence-electron chi connectivity index (χ1n) is 11.0. The molecule has 10 heteroatoms. The highest BCUT2D eigenvalue weighted by atomic mass is 19.1. The van der Waals surface area contributed by atoms with Gasteiger partial charge in [0.15, 0.2) is 0 Å². The molecule has 0 saturated carbocycles. The average Bonchev–Trinajstić information content (AvgIpc) is 3.28. The van der Waals surface area contributed by atoms with Crippen LogP contribution in [0.15, 0.2) is 78.9 Å². The Balaban J connectivity index is 1.38. The van der Waals surface area contributed by atoms with Gasteiger partial charge in [0, 0.05) is 5.69 Å². The lowest BCUT2D eigenvalue weighted by Crippen LogP contribution is -2.40. The van der Waals surface area contributed by atoms with E-state index in [1.165, 1.54) is 17.3 Å². The Morgan fingerprint density at radius 2 is 1.74 bits per heavy atom. The average molecular weight is 469 g/mol. The number of fused-ring (bicyclic) bond motifs is 2. The van der Waals surface area contributed by atoms with Crippen molar-refractivity contribution in [3.05, 3.63) is 95.8 Å². The van der Waals surface area contributed by atoms with E-state index >= 15 is 0 Å². The first-order chi connectivity index (χ1) is 17.1. The maximum Gasteiger partial charge on any atom is 0.258 e. The highest BCUT2D eigenvalue weighted by molar-refractivity contribution is 5.98. The summed E-state index contributed by atoms with van der Waals surface area (Å²) in [7, 11) is 0. The van der Waals surface area contributed by atoms with Crippen LogP contribution in [0.3, 0.4) is 0 Å². The highest BCUT2D eigenvalue weighted by Crippen LogP contribution is 2.38. The molecule has 1 unspecified atom stereocenters. The van der Waals surface area contributed by atoms with Gasteiger partial charge in [0.05, 0.1) is 17.2 Å². The van der Waals surface area contributed by atoms with Gasteiger partial charge in [-0.2, -0.15) is 9.97 Å². The molecule has 6 rings (SSSR count). The molecule has 35 heavy (non-hydrogen) atoms. The van der Waals surface area contributed by atoms with Gasteiger partial charge < -0.3 is 15.5 Å². The second-order valence-corrected chi connectivity index (χ2v) is 8.11. The van der Waals surface area contributed by atoms with Crippen molar-refractivity contribution in [2.45, 2.75) is 12.3 Å². The number of benzene rings is 3. The molecule has 1 aromatic heterocycles. The van der Waals surface area contributed by atoms with Gasteiger partial charge in [0.2, 0.25) is 11.9 Å². The molecule has 2 aliphatic heterocycles. The molecule has 2 aliphatic rings. The van der Waals surface area contributed by atoms with Gasteiger partial charge in [-0.15, -0.1) is 10.7 Å². The molecule has 3 heterocycles. The number of amides is 1. The van der Waals surface area contributed by atoms with E-state index in [1.54, 1.807) is 12.1 Å². The summed E-state index contributed by atoms with van der Waals surface area (Å²) < 4.78 is 13.5. The van der Waals surface area contributed by atoms with Crippen LogP contribution in [0.4, 0.5) is 33.2 Å². The Morgan fingerprint density at radius 1 is 0.971 bits per heavy atom. The van der Waals surface area contributed by atoms with Crippen molar-refractivity contribution in [3.63, 3.8) is 0 Å². The van der Waals surface area contributed by atoms with Crippen LogP contribution in [0, 0.1) is 5.82 Å². The second kappa shape index (κ2) is 8.58. The van der Waals surface area contributed by atoms with Crippen molar-refractivity contribution in [1.82, 2.24) is 15.5 Å². The number of nitrogens with zero attached hydrogens (tertiary/aromatic N) is 3. The summed E-state index contributed by atoms with van der Waals surface area (Å²) in [6, 6.07) is 23.0. The molecule has 9 nitrogen and oxygen atoms in total. The Kier molecular flexibility index (Phi) is 5.12. The monoisotopic (exact) mass is 469 g/mol. The number of anilines is 5. The number of nitrogens with one attached hydrogen (secondary N) is 4. The van der Waals surface area contributed by atoms with E-state index in [0.29, 0.717) is 16.9 Å². The SMILES string of the molecule is O=C1Nc2nc(Nc3ccccc3)nc(ON3NNc4ccccc43)c2CC1c1ccc(F)cc1. The quantitative estimate of drug-likeness (QED) is 0.343. The smallest absolute Gasteiger partial charge is 0.258 e. The number of halogens is 1. The van der Waals surface area contributed by atoms with Crippen LogP contribution >= 0.6 is 0 Å². The topological polar surface area (TPSA) is 103 Å². The van der Waals surface area contributed by atoms with Gasteiger partial charge in [0.1, 0.15) is 17.3 Å². The van der Waals surface area contributed by atoms with Crippen LogP contribution in [0.1, 0.15) is 17.0 Å². The van der Waals surface area contributed by atoms with Crippen LogP contribution < -0.4 is 31.6 Å². The molecule has 4 N–H and O–H groups in total. The molecule has 0 aliphatic carbocycles. The predicted octanol–water partition coefficient (Wildman–Crippen LogP) is 4.28. The molecule has 3 aromatic carbocycles. The van der Waals surface area contributed by atoms with Crippen molar-refractivity contribution >= 4 is 34.7 Å². The van der Waals surface area contributed by atoms with Gasteiger partial charge in [-0.1, -0.05) is 42.5 Å². The van der Waals surface area contributed by atoms with Gasteiger partial charge in [0.25, 0.3) is 5.88 Å². The van der Waals surface area contributed by atoms with Crippen LogP contribution in [-0.4, -0.2) is 15.9 Å². The molecule has 0 spiro atoms. The third kappa shape index (κ3) is 4.06. The maximum absolute atomic E-state index is 13.5. The lowest BCUT2D eigenvalue weighted by Gasteiger charge is -2.27. The second-order valence-electron chi connectivity index (χ2n) is 8.11. The molecular formula is C25H20FN7O2. The van der Waals surface area contributed by atoms with Crippen LogP contribution in [0.25, 0.3) is 0 Å². The fraction of sp³-hybridized carbons (Fsp3) is 0.0800. The molecule has 174 valence electrons. The number of carbonyl (C=O) groups excluding carboxylic acids is 1. The Morgan fingerprint density at radius 3 is 2.57 bits per heavy atom. The summed E-state index contributed by atoms with van der Waals surface area (Å²) in [5, 5.41) is 7.49. The zero-order valence-corrected chi connectivity index (χ0v) is 18.3. The first kappa shape index (κ1) is 20.9. The van der Waals surface area contributed by atoms with Gasteiger partial charge in [-0.05, 0) is 48.4 Å². The normalized spacial score (nSPS) is 16.1. The summed E-state index contributed by atoms with van der Waals surface area (Å²) in [5.41, 5.74) is 9.72. The number of carbonyl (C=O) groups is 1. The number of aromatic nitrogens is 2. The molecule has 0 saturated heterocycles. The van der Waals surface area contributed by atoms with Crippen molar-refractivity contribution in [3.8, 4) is 5.88 Å². The largest absolute Gasteiger partial charge is 0.341 e. The van der Waals surface area contributed by atoms with Gasteiger partial charge >= 0.3 is 0 Å². The number of hydrazine groups is 2. The summed E-state index contributed by atoms with van der Waals surface area (Å²) >= 11 is 0. The zero-order chi connectivity index (χ0) is 23.8. The van der Waals surface area contributed by atoms with E-state index in [1.807, 2.05) is 54.6 Å². The minimum Gasteiger partial charge on any atom is -0.341 e. The lowest BCUT2D eigenvalue weighted by atomic mass is 9.89. The molecule has 0 fully saturated rings. The molecule has 1 amide bonds. The van der Waals surface area contributed by atoms with Crippen molar-refractivity contribution in [2.24, 2.45) is 0 Å². The molecular weight excluding hydrogens is 449 g/mol. The highest BCUT2D eigenvalue weighted by Gasteiger charge is 2.33. The molecule has 0 radical (unpaired) electrons. The minimum absolute atomic E-state index is 0.231. The van der Waals surface area contributed by atoms with E-state index in [9.17, 15) is 9.18 Å². The van der Waals surface area contributed by atoms with Crippen LogP contribution in [-0.2, 0) is 11.2 Å². The van der Waals surface area contributed by atoms with E-state index in [2.05, 4.69) is 31.6 Å². The Hall–Kier alpha value is -4.70. The molecule has 0 bridgehead atoms. The molecule has 1 atom stereocenters. The number of hydrogen-bond donors (Lipinski definition) is 4. The first-order valence-corrected chi connectivity index (χ1v) is 11.0. The van der Waals surface area contributed by atoms with Crippen LogP contribution in [0.5, 0.6) is 5.88 Å². The van der Waals surface area contributed by atoms with E-state index in [4.69, 9.17) is 4.84 Å². The summed E-state index contributed by atoms with van der Waals surface area (Å²) in [5.74, 6) is -0.236. The third-order valence-corrected chi connectivity index (χ3v) is 5.83. The van der Waals surface area contributed by atoms with Gasteiger partial charge in [-0.25, -0.2) is 4.39 Å². The fourth-order valence-electron chi connectivity index (χ4n) is 4.08. The predicted molar refractivity (Wildman–Crippen MR) is 130 cm³/mol. The zero-order valence-electron chi connectivity index (χ0n) is 18.3. The fourth-order valence-corrected chi connectivity index (χ4v) is 4.08. The van der Waals surface area contributed by atoms with Crippen molar-refractivity contribution in [1.29, 1.82) is 0 Å². The Labute approximate surface area is 199 Å². The summed E-state index contributed by atoms with van der Waals surface area (Å²) in [6.45, 7) is 0.